The number of ketones is 2. The highest BCUT2D eigenvalue weighted by molar-refractivity contribution is 6.27. The highest BCUT2D eigenvalue weighted by Gasteiger charge is 2.50. The third-order valence-electron chi connectivity index (χ3n) is 11.7. The fourth-order valence-corrected chi connectivity index (χ4v) is 8.49. The molecular weight excluding hydrogens is 785 g/mol. The monoisotopic (exact) mass is 844 g/mol. The van der Waals surface area contributed by atoms with Gasteiger partial charge in [0.15, 0.2) is 34.6 Å². The molecule has 4 aromatic carbocycles. The van der Waals surface area contributed by atoms with E-state index in [1.807, 2.05) is 80.6 Å². The van der Waals surface area contributed by atoms with Crippen LogP contribution in [0.3, 0.4) is 0 Å². The van der Waals surface area contributed by atoms with Crippen molar-refractivity contribution in [1.29, 1.82) is 0 Å². The summed E-state index contributed by atoms with van der Waals surface area (Å²) in [6.07, 6.45) is 4.22. The first-order valence-corrected chi connectivity index (χ1v) is 21.1. The average Bonchev–Trinajstić information content (AvgIpc) is 3.21. The Morgan fingerprint density at radius 1 is 0.645 bits per heavy atom. The number of aliphatic hydroxyl groups is 2. The lowest BCUT2D eigenvalue weighted by Crippen LogP contribution is -2.51. The van der Waals surface area contributed by atoms with Crippen molar-refractivity contribution in [2.75, 3.05) is 14.2 Å². The number of ether oxygens (including phenoxy) is 6. The molecule has 10 heteroatoms. The smallest absolute Gasteiger partial charge is 0.198 e. The molecule has 328 valence electrons. The summed E-state index contributed by atoms with van der Waals surface area (Å²) in [5.41, 5.74) is 0.0831. The number of benzene rings is 4. The molecule has 1 unspecified atom stereocenters. The molecule has 2 aliphatic rings. The molecule has 6 rings (SSSR count). The maximum absolute atomic E-state index is 14.8. The first kappa shape index (κ1) is 45.7. The summed E-state index contributed by atoms with van der Waals surface area (Å²) >= 11 is 0. The van der Waals surface area contributed by atoms with Gasteiger partial charge in [-0.1, -0.05) is 37.3 Å². The number of rotatable bonds is 15. The van der Waals surface area contributed by atoms with Gasteiger partial charge < -0.3 is 38.6 Å². The lowest BCUT2D eigenvalue weighted by Gasteiger charge is -2.43. The third-order valence-corrected chi connectivity index (χ3v) is 11.7. The van der Waals surface area contributed by atoms with Crippen molar-refractivity contribution in [1.82, 2.24) is 0 Å². The lowest BCUT2D eigenvalue weighted by atomic mass is 9.78. The summed E-state index contributed by atoms with van der Waals surface area (Å²) in [5, 5.41) is 23.4. The predicted molar refractivity (Wildman–Crippen MR) is 242 cm³/mol. The van der Waals surface area contributed by atoms with Crippen molar-refractivity contribution in [2.24, 2.45) is 0 Å². The van der Waals surface area contributed by atoms with Crippen LogP contribution in [0.5, 0.6) is 34.5 Å². The van der Waals surface area contributed by atoms with Crippen LogP contribution in [0.1, 0.15) is 102 Å². The van der Waals surface area contributed by atoms with E-state index in [9.17, 15) is 19.8 Å². The third kappa shape index (κ3) is 9.03. The Labute approximate surface area is 365 Å². The highest BCUT2D eigenvalue weighted by Crippen LogP contribution is 2.46. The molecule has 10 nitrogen and oxygen atoms in total. The average molecular weight is 845 g/mol. The van der Waals surface area contributed by atoms with E-state index in [0.29, 0.717) is 71.3 Å². The summed E-state index contributed by atoms with van der Waals surface area (Å²) in [5.74, 6) is 1.94. The van der Waals surface area contributed by atoms with E-state index in [1.54, 1.807) is 74.8 Å². The molecule has 0 spiro atoms. The summed E-state index contributed by atoms with van der Waals surface area (Å²) in [6.45, 7) is 19.9. The Kier molecular flexibility index (Phi) is 12.9. The van der Waals surface area contributed by atoms with E-state index in [2.05, 4.69) is 6.58 Å². The maximum atomic E-state index is 14.8. The molecule has 0 amide bonds. The number of Topliss-reactive ketones (excluding diaryl/α,β-unsaturated/α-hetero) is 2. The van der Waals surface area contributed by atoms with Crippen molar-refractivity contribution in [3.05, 3.63) is 130 Å². The van der Waals surface area contributed by atoms with Crippen molar-refractivity contribution >= 4 is 22.7 Å². The molecule has 0 aromatic heterocycles. The summed E-state index contributed by atoms with van der Waals surface area (Å²) in [7, 11) is 3.16. The van der Waals surface area contributed by atoms with Crippen LogP contribution >= 0.6 is 0 Å². The molecule has 4 aromatic rings. The lowest BCUT2D eigenvalue weighted by molar-refractivity contribution is -0.164. The molecular formula is C52H60O10. The van der Waals surface area contributed by atoms with Gasteiger partial charge in [-0.3, -0.25) is 9.59 Å². The zero-order valence-corrected chi connectivity index (χ0v) is 37.9. The van der Waals surface area contributed by atoms with Gasteiger partial charge in [0.2, 0.25) is 0 Å². The molecule has 2 aliphatic heterocycles. The van der Waals surface area contributed by atoms with Gasteiger partial charge in [-0.25, -0.2) is 0 Å². The number of hydrogen-bond acceptors (Lipinski definition) is 10. The van der Waals surface area contributed by atoms with Gasteiger partial charge in [-0.05, 0) is 169 Å². The second kappa shape index (κ2) is 17.5. The Morgan fingerprint density at radius 3 is 1.76 bits per heavy atom. The van der Waals surface area contributed by atoms with E-state index >= 15 is 0 Å². The highest BCUT2D eigenvalue weighted by atomic mass is 16.5. The zero-order valence-electron chi connectivity index (χ0n) is 37.9. The number of hydrogen-bond donors (Lipinski definition) is 2. The minimum atomic E-state index is -1.35. The predicted octanol–water partition coefficient (Wildman–Crippen LogP) is 11.7. The fraction of sp³-hybridized carbons (Fsp3) is 0.385. The van der Waals surface area contributed by atoms with Crippen LogP contribution in [-0.4, -0.2) is 58.4 Å². The van der Waals surface area contributed by atoms with Gasteiger partial charge in [-0.2, -0.15) is 0 Å². The van der Waals surface area contributed by atoms with Gasteiger partial charge in [0.1, 0.15) is 45.4 Å². The number of carbonyl (C=O) groups excluding carboxylic acids is 2. The number of aryl methyl sites for hydroxylation is 3. The van der Waals surface area contributed by atoms with Crippen LogP contribution in [0.15, 0.2) is 97.0 Å². The van der Waals surface area contributed by atoms with Gasteiger partial charge in [0, 0.05) is 0 Å². The van der Waals surface area contributed by atoms with Crippen molar-refractivity contribution in [3.63, 3.8) is 0 Å². The van der Waals surface area contributed by atoms with Crippen LogP contribution < -0.4 is 18.9 Å². The van der Waals surface area contributed by atoms with Gasteiger partial charge >= 0.3 is 0 Å². The summed E-state index contributed by atoms with van der Waals surface area (Å²) in [6, 6.07) is 22.3. The van der Waals surface area contributed by atoms with Gasteiger partial charge in [0.05, 0.1) is 25.4 Å². The van der Waals surface area contributed by atoms with E-state index < -0.39 is 22.4 Å². The van der Waals surface area contributed by atoms with Gasteiger partial charge in [-0.15, -0.1) is 6.58 Å². The Balaban J connectivity index is 1.34. The standard InChI is InChI=1S/C52H60O10/c1-13-16-32-19-25-40(42(28-32)58-12)60-35-22-20-33(14-2)37(29-35)44-47(55)51(8,9)62-52(10,48(44)56)26-15-17-34-21-23-36(59-39-24-18-31(3)27-41(39)57-11)30-38(34)43-45(53)49(4,5)61-50(6,7)46(43)54/h13,18-25,27-30,53,55H,1,14-17,26H2,2-12H3. The van der Waals surface area contributed by atoms with Crippen LogP contribution in [0.25, 0.3) is 11.1 Å². The van der Waals surface area contributed by atoms with E-state index in [-0.39, 0.29) is 40.7 Å². The van der Waals surface area contributed by atoms with E-state index in [4.69, 9.17) is 28.4 Å². The van der Waals surface area contributed by atoms with Gasteiger partial charge in [0.25, 0.3) is 0 Å². The number of allylic oxidation sites excluding steroid dienone is 1. The minimum absolute atomic E-state index is 0.148. The van der Waals surface area contributed by atoms with E-state index in [0.717, 1.165) is 22.3 Å². The van der Waals surface area contributed by atoms with Crippen LogP contribution in [-0.2, 0) is 38.3 Å². The quantitative estimate of drug-likeness (QED) is 0.112. The Hall–Kier alpha value is -5.84. The molecule has 0 bridgehead atoms. The minimum Gasteiger partial charge on any atom is -0.508 e. The van der Waals surface area contributed by atoms with Crippen molar-refractivity contribution in [3.8, 4) is 34.5 Å². The fourth-order valence-electron chi connectivity index (χ4n) is 8.49. The molecule has 0 radical (unpaired) electrons. The molecule has 0 fully saturated rings. The molecule has 0 saturated carbocycles. The van der Waals surface area contributed by atoms with Crippen molar-refractivity contribution < 1.29 is 48.2 Å². The first-order valence-electron chi connectivity index (χ1n) is 21.1. The summed E-state index contributed by atoms with van der Waals surface area (Å²) in [4.78, 5) is 28.9. The molecule has 62 heavy (non-hydrogen) atoms. The second-order valence-electron chi connectivity index (χ2n) is 17.8. The van der Waals surface area contributed by atoms with E-state index in [1.165, 1.54) is 0 Å². The van der Waals surface area contributed by atoms with Crippen LogP contribution in [0.4, 0.5) is 0 Å². The Bertz CT molecular complexity index is 2470. The molecule has 1 atom stereocenters. The van der Waals surface area contributed by atoms with Crippen LogP contribution in [0, 0.1) is 6.92 Å². The second-order valence-corrected chi connectivity index (χ2v) is 17.8. The largest absolute Gasteiger partial charge is 0.508 e. The first-order chi connectivity index (χ1) is 29.2. The zero-order chi connectivity index (χ0) is 45.4. The molecule has 2 heterocycles. The topological polar surface area (TPSA) is 130 Å². The number of methoxy groups -OCH3 is 2. The van der Waals surface area contributed by atoms with Crippen LogP contribution in [0.2, 0.25) is 0 Å². The number of aliphatic hydroxyl groups excluding tert-OH is 2. The Morgan fingerprint density at radius 2 is 1.18 bits per heavy atom. The SMILES string of the molecule is C=CCc1ccc(Oc2ccc(CC)c(C3=C(O)C(C)(C)OC(C)(CCCc4ccc(Oc5ccc(C)cc5OC)cc4C4=C(O)C(C)(C)OC(C)(C)C4=O)C3=O)c2)c(OC)c1. The molecule has 0 aliphatic carbocycles. The molecule has 0 saturated heterocycles. The maximum Gasteiger partial charge on any atom is 0.198 e. The normalized spacial score (nSPS) is 19.3. The molecule has 2 N–H and O–H groups in total. The summed E-state index contributed by atoms with van der Waals surface area (Å²) < 4.78 is 36.5. The van der Waals surface area contributed by atoms with Crippen molar-refractivity contribution in [2.45, 2.75) is 117 Å². The number of carbonyl (C=O) groups is 2.